The van der Waals surface area contributed by atoms with Gasteiger partial charge < -0.3 is 9.47 Å². The van der Waals surface area contributed by atoms with Crippen LogP contribution in [0.25, 0.3) is 0 Å². The zero-order valence-electron chi connectivity index (χ0n) is 21.0. The van der Waals surface area contributed by atoms with E-state index in [0.717, 1.165) is 11.1 Å². The fourth-order valence-electron chi connectivity index (χ4n) is 3.73. The molecular formula is C30H35NO4. The third kappa shape index (κ3) is 7.44. The van der Waals surface area contributed by atoms with Crippen molar-refractivity contribution >= 4 is 17.7 Å². The minimum atomic E-state index is -0.678. The number of benzene rings is 3. The number of hydrogen-bond donors (Lipinski definition) is 0. The summed E-state index contributed by atoms with van der Waals surface area (Å²) in [6.45, 7) is 8.96. The Morgan fingerprint density at radius 1 is 0.714 bits per heavy atom. The number of amides is 1. The molecule has 0 N–H and O–H groups in total. The van der Waals surface area contributed by atoms with E-state index in [2.05, 4.69) is 0 Å². The van der Waals surface area contributed by atoms with Crippen LogP contribution < -0.4 is 4.90 Å². The van der Waals surface area contributed by atoms with Gasteiger partial charge >= 0.3 is 12.1 Å². The van der Waals surface area contributed by atoms with Gasteiger partial charge in [-0.25, -0.2) is 4.79 Å². The van der Waals surface area contributed by atoms with Gasteiger partial charge in [-0.15, -0.1) is 0 Å². The van der Waals surface area contributed by atoms with Crippen LogP contribution in [0.1, 0.15) is 50.3 Å². The van der Waals surface area contributed by atoms with E-state index in [1.54, 1.807) is 4.90 Å². The Kier molecular flexibility index (Phi) is 9.47. The van der Waals surface area contributed by atoms with Crippen LogP contribution in [0.3, 0.4) is 0 Å². The molecule has 5 nitrogen and oxygen atoms in total. The molecule has 0 fully saturated rings. The van der Waals surface area contributed by atoms with Crippen LogP contribution in [-0.2, 0) is 20.8 Å². The molecule has 0 saturated heterocycles. The summed E-state index contributed by atoms with van der Waals surface area (Å²) < 4.78 is 11.3. The lowest BCUT2D eigenvalue weighted by molar-refractivity contribution is -0.145. The Balaban J connectivity index is 2.07. The van der Waals surface area contributed by atoms with Crippen LogP contribution in [-0.4, -0.2) is 25.3 Å². The van der Waals surface area contributed by atoms with Gasteiger partial charge in [0, 0.05) is 0 Å². The fraction of sp³-hybridized carbons (Fsp3) is 0.333. The molecule has 5 heteroatoms. The van der Waals surface area contributed by atoms with Gasteiger partial charge in [-0.3, -0.25) is 9.69 Å². The molecule has 0 spiro atoms. The van der Waals surface area contributed by atoms with E-state index >= 15 is 0 Å². The van der Waals surface area contributed by atoms with E-state index in [9.17, 15) is 9.59 Å². The Hall–Kier alpha value is -3.60. The molecule has 3 rings (SSSR count). The van der Waals surface area contributed by atoms with Crippen molar-refractivity contribution in [3.8, 4) is 0 Å². The number of para-hydroxylation sites is 1. The molecule has 0 bridgehead atoms. The van der Waals surface area contributed by atoms with Gasteiger partial charge in [-0.1, -0.05) is 107 Å². The summed E-state index contributed by atoms with van der Waals surface area (Å²) in [5, 5.41) is 0. The maximum atomic E-state index is 13.4. The molecule has 0 aliphatic carbocycles. The normalized spacial score (nSPS) is 11.8. The van der Waals surface area contributed by atoms with Crippen LogP contribution in [0.4, 0.5) is 10.5 Å². The Bertz CT molecular complexity index is 1080. The van der Waals surface area contributed by atoms with Crippen molar-refractivity contribution in [2.75, 3.05) is 18.1 Å². The number of rotatable bonds is 10. The summed E-state index contributed by atoms with van der Waals surface area (Å²) in [7, 11) is 0. The van der Waals surface area contributed by atoms with E-state index in [4.69, 9.17) is 9.47 Å². The smallest absolute Gasteiger partial charge is 0.414 e. The third-order valence-electron chi connectivity index (χ3n) is 5.41. The number of anilines is 1. The van der Waals surface area contributed by atoms with Crippen molar-refractivity contribution in [2.45, 2.75) is 40.2 Å². The number of ether oxygens (including phenoxy) is 2. The minimum absolute atomic E-state index is 0.204. The van der Waals surface area contributed by atoms with Crippen molar-refractivity contribution in [1.29, 1.82) is 0 Å². The van der Waals surface area contributed by atoms with E-state index in [1.165, 1.54) is 0 Å². The average Bonchev–Trinajstić information content (AvgIpc) is 2.86. The highest BCUT2D eigenvalue weighted by atomic mass is 16.6. The zero-order valence-corrected chi connectivity index (χ0v) is 21.0. The number of nitrogens with zero attached hydrogens (tertiary/aromatic N) is 1. The van der Waals surface area contributed by atoms with Gasteiger partial charge in [0.15, 0.2) is 0 Å². The number of carbonyl (C=O) groups excluding carboxylic acids is 2. The summed E-state index contributed by atoms with van der Waals surface area (Å²) in [6.07, 6.45) is -0.447. The predicted molar refractivity (Wildman–Crippen MR) is 139 cm³/mol. The Labute approximate surface area is 208 Å². The van der Waals surface area contributed by atoms with Gasteiger partial charge in [-0.05, 0) is 34.6 Å². The maximum Gasteiger partial charge on any atom is 0.414 e. The molecule has 0 aliphatic heterocycles. The van der Waals surface area contributed by atoms with Crippen LogP contribution in [0, 0.1) is 11.8 Å². The van der Waals surface area contributed by atoms with Crippen molar-refractivity contribution in [2.24, 2.45) is 11.8 Å². The monoisotopic (exact) mass is 473 g/mol. The molecule has 1 amide bonds. The van der Waals surface area contributed by atoms with Crippen LogP contribution in [0.15, 0.2) is 84.9 Å². The molecule has 3 aromatic rings. The van der Waals surface area contributed by atoms with Crippen LogP contribution >= 0.6 is 0 Å². The lowest BCUT2D eigenvalue weighted by Gasteiger charge is -2.28. The zero-order chi connectivity index (χ0) is 25.2. The first kappa shape index (κ1) is 26.0. The highest BCUT2D eigenvalue weighted by molar-refractivity contribution is 5.92. The first-order valence-corrected chi connectivity index (χ1v) is 12.2. The van der Waals surface area contributed by atoms with E-state index < -0.39 is 12.0 Å². The van der Waals surface area contributed by atoms with Crippen molar-refractivity contribution in [3.63, 3.8) is 0 Å². The lowest BCUT2D eigenvalue weighted by Crippen LogP contribution is -2.33. The van der Waals surface area contributed by atoms with Crippen molar-refractivity contribution < 1.29 is 19.1 Å². The third-order valence-corrected chi connectivity index (χ3v) is 5.41. The second kappa shape index (κ2) is 12.7. The summed E-state index contributed by atoms with van der Waals surface area (Å²) in [5.74, 6) is -0.600. The van der Waals surface area contributed by atoms with Crippen molar-refractivity contribution in [3.05, 3.63) is 102 Å². The fourth-order valence-corrected chi connectivity index (χ4v) is 3.73. The largest absolute Gasteiger partial charge is 0.465 e. The van der Waals surface area contributed by atoms with E-state index in [0.29, 0.717) is 31.0 Å². The van der Waals surface area contributed by atoms with Crippen LogP contribution in [0.2, 0.25) is 0 Å². The molecule has 35 heavy (non-hydrogen) atoms. The van der Waals surface area contributed by atoms with Gasteiger partial charge in [0.25, 0.3) is 0 Å². The molecule has 3 aromatic carbocycles. The summed E-state index contributed by atoms with van der Waals surface area (Å²) in [4.78, 5) is 28.4. The van der Waals surface area contributed by atoms with Gasteiger partial charge in [0.1, 0.15) is 5.92 Å². The Morgan fingerprint density at radius 3 is 1.89 bits per heavy atom. The summed E-state index contributed by atoms with van der Waals surface area (Å²) in [5.41, 5.74) is 3.09. The summed E-state index contributed by atoms with van der Waals surface area (Å²) in [6, 6.07) is 26.8. The van der Waals surface area contributed by atoms with E-state index in [1.807, 2.05) is 113 Å². The van der Waals surface area contributed by atoms with Crippen molar-refractivity contribution in [1.82, 2.24) is 0 Å². The maximum absolute atomic E-state index is 13.4. The second-order valence-corrected chi connectivity index (χ2v) is 9.47. The first-order chi connectivity index (χ1) is 16.9. The molecule has 0 aromatic heterocycles. The Morgan fingerprint density at radius 2 is 1.26 bits per heavy atom. The van der Waals surface area contributed by atoms with Gasteiger partial charge in [0.2, 0.25) is 0 Å². The van der Waals surface area contributed by atoms with Gasteiger partial charge in [-0.2, -0.15) is 0 Å². The molecule has 0 saturated carbocycles. The number of esters is 1. The predicted octanol–water partition coefficient (Wildman–Crippen LogP) is 6.82. The quantitative estimate of drug-likeness (QED) is 0.303. The van der Waals surface area contributed by atoms with E-state index in [-0.39, 0.29) is 17.8 Å². The second-order valence-electron chi connectivity index (χ2n) is 9.47. The number of hydrogen-bond acceptors (Lipinski definition) is 4. The first-order valence-electron chi connectivity index (χ1n) is 12.2. The molecule has 0 radical (unpaired) electrons. The number of carbonyl (C=O) groups is 2. The van der Waals surface area contributed by atoms with Gasteiger partial charge in [0.05, 0.1) is 25.4 Å². The highest BCUT2D eigenvalue weighted by Gasteiger charge is 2.30. The molecule has 1 atom stereocenters. The molecule has 0 aliphatic rings. The topological polar surface area (TPSA) is 55.8 Å². The molecule has 1 unspecified atom stereocenters. The lowest BCUT2D eigenvalue weighted by atomic mass is 9.89. The standard InChI is InChI=1S/C30H35NO4/c1-22(2)20-34-29(32)28(25-15-9-6-10-16-25)26-17-11-12-18-27(26)31(30(33)35-21-23(3)4)19-24-13-7-5-8-14-24/h5-18,22-23,28H,19-21H2,1-4H3. The minimum Gasteiger partial charge on any atom is -0.465 e. The SMILES string of the molecule is CC(C)COC(=O)C(c1ccccc1)c1ccccc1N(Cc1ccccc1)C(=O)OCC(C)C. The molecule has 0 heterocycles. The summed E-state index contributed by atoms with van der Waals surface area (Å²) >= 11 is 0. The molecule has 184 valence electrons. The highest BCUT2D eigenvalue weighted by Crippen LogP contribution is 2.35. The molecular weight excluding hydrogens is 438 g/mol. The van der Waals surface area contributed by atoms with Crippen LogP contribution in [0.5, 0.6) is 0 Å². The average molecular weight is 474 g/mol.